The summed E-state index contributed by atoms with van der Waals surface area (Å²) in [4.78, 5) is 0. The first-order valence-corrected chi connectivity index (χ1v) is 7.53. The molecule has 2 unspecified atom stereocenters. The molecule has 20 heavy (non-hydrogen) atoms. The maximum atomic E-state index is 2.31. The van der Waals surface area contributed by atoms with Crippen molar-refractivity contribution in [2.24, 2.45) is 0 Å². The Morgan fingerprint density at radius 2 is 1.60 bits per heavy atom. The Bertz CT molecular complexity index is 551. The van der Waals surface area contributed by atoms with Crippen molar-refractivity contribution in [1.82, 2.24) is 0 Å². The number of rotatable bonds is 5. The molecule has 2 rings (SSSR count). The van der Waals surface area contributed by atoms with E-state index in [1.165, 1.54) is 23.1 Å². The van der Waals surface area contributed by atoms with Crippen LogP contribution in [0.1, 0.15) is 55.7 Å². The van der Waals surface area contributed by atoms with Crippen molar-refractivity contribution < 1.29 is 0 Å². The van der Waals surface area contributed by atoms with Crippen LogP contribution >= 0.6 is 0 Å². The third-order valence-electron chi connectivity index (χ3n) is 3.99. The van der Waals surface area contributed by atoms with E-state index in [9.17, 15) is 0 Å². The van der Waals surface area contributed by atoms with Crippen LogP contribution < -0.4 is 0 Å². The van der Waals surface area contributed by atoms with Crippen LogP contribution in [0.15, 0.2) is 60.7 Å². The Balaban J connectivity index is 2.11. The second-order valence-electron chi connectivity index (χ2n) is 5.54. The van der Waals surface area contributed by atoms with Crippen LogP contribution in [-0.4, -0.2) is 0 Å². The monoisotopic (exact) mass is 264 g/mol. The van der Waals surface area contributed by atoms with E-state index in [4.69, 9.17) is 0 Å². The highest BCUT2D eigenvalue weighted by Crippen LogP contribution is 2.21. The highest BCUT2D eigenvalue weighted by molar-refractivity contribution is 5.52. The lowest BCUT2D eigenvalue weighted by atomic mass is 9.96. The lowest BCUT2D eigenvalue weighted by Crippen LogP contribution is -1.91. The predicted molar refractivity (Wildman–Crippen MR) is 89.0 cm³/mol. The normalized spacial score (nSPS) is 14.3. The molecule has 2 aromatic carbocycles. The highest BCUT2D eigenvalue weighted by atomic mass is 14.1. The molecule has 0 aliphatic rings. The topological polar surface area (TPSA) is 0 Å². The van der Waals surface area contributed by atoms with Gasteiger partial charge >= 0.3 is 0 Å². The largest absolute Gasteiger partial charge is 0.0767 e. The summed E-state index contributed by atoms with van der Waals surface area (Å²) >= 11 is 0. The van der Waals surface area contributed by atoms with Crippen molar-refractivity contribution in [1.29, 1.82) is 0 Å². The van der Waals surface area contributed by atoms with Gasteiger partial charge in [-0.25, -0.2) is 0 Å². The van der Waals surface area contributed by atoms with Crippen LogP contribution in [0, 0.1) is 0 Å². The van der Waals surface area contributed by atoms with Gasteiger partial charge in [0, 0.05) is 0 Å². The highest BCUT2D eigenvalue weighted by Gasteiger charge is 2.03. The van der Waals surface area contributed by atoms with Crippen molar-refractivity contribution in [2.45, 2.75) is 39.0 Å². The molecule has 0 fully saturated rings. The summed E-state index contributed by atoms with van der Waals surface area (Å²) < 4.78 is 0. The predicted octanol–water partition coefficient (Wildman–Crippen LogP) is 6.02. The van der Waals surface area contributed by atoms with Gasteiger partial charge in [-0.1, -0.05) is 87.5 Å². The van der Waals surface area contributed by atoms with Crippen LogP contribution in [0.3, 0.4) is 0 Å². The molecule has 0 heterocycles. The molecule has 0 heteroatoms. The Hall–Kier alpha value is -1.82. The van der Waals surface area contributed by atoms with E-state index in [1.807, 2.05) is 0 Å². The van der Waals surface area contributed by atoms with E-state index >= 15 is 0 Å². The van der Waals surface area contributed by atoms with Crippen molar-refractivity contribution in [3.63, 3.8) is 0 Å². The number of allylic oxidation sites excluding steroid dienone is 1. The van der Waals surface area contributed by atoms with Gasteiger partial charge in [-0.3, -0.25) is 0 Å². The van der Waals surface area contributed by atoms with Gasteiger partial charge in [-0.15, -0.1) is 0 Å². The first-order chi connectivity index (χ1) is 9.70. The lowest BCUT2D eigenvalue weighted by Gasteiger charge is -2.10. The zero-order valence-corrected chi connectivity index (χ0v) is 12.7. The van der Waals surface area contributed by atoms with E-state index < -0.39 is 0 Å². The minimum absolute atomic E-state index is 0.448. The molecule has 0 radical (unpaired) electrons. The Kier molecular flexibility index (Phi) is 5.17. The molecule has 0 saturated carbocycles. The van der Waals surface area contributed by atoms with E-state index in [2.05, 4.69) is 87.5 Å². The zero-order chi connectivity index (χ0) is 14.4. The van der Waals surface area contributed by atoms with E-state index in [0.717, 1.165) is 0 Å². The van der Waals surface area contributed by atoms with Crippen LogP contribution in [0.5, 0.6) is 0 Å². The Labute approximate surface area is 123 Å². The summed E-state index contributed by atoms with van der Waals surface area (Å²) in [6, 6.07) is 19.5. The second-order valence-corrected chi connectivity index (χ2v) is 5.54. The Morgan fingerprint density at radius 3 is 2.30 bits per heavy atom. The third-order valence-corrected chi connectivity index (χ3v) is 3.99. The number of benzene rings is 2. The molecule has 0 aliphatic heterocycles. The van der Waals surface area contributed by atoms with Crippen LogP contribution in [-0.2, 0) is 0 Å². The molecule has 104 valence electrons. The van der Waals surface area contributed by atoms with Gasteiger partial charge in [-0.2, -0.15) is 0 Å². The standard InChI is InChI=1S/C20H24/c1-4-16(2)20-12-8-9-18(15-20)14-13-17(3)19-10-6-5-7-11-19/h5-17H,4H2,1-3H3. The van der Waals surface area contributed by atoms with Gasteiger partial charge in [-0.05, 0) is 34.9 Å². The molecule has 0 bridgehead atoms. The average Bonchev–Trinajstić information content (AvgIpc) is 2.53. The maximum absolute atomic E-state index is 2.31. The smallest absolute Gasteiger partial charge is 0.000711 e. The first kappa shape index (κ1) is 14.6. The second kappa shape index (κ2) is 7.09. The Morgan fingerprint density at radius 1 is 0.900 bits per heavy atom. The fraction of sp³-hybridized carbons (Fsp3) is 0.300. The molecule has 0 spiro atoms. The molecular formula is C20H24. The molecule has 0 aliphatic carbocycles. The van der Waals surface area contributed by atoms with Crippen LogP contribution in [0.4, 0.5) is 0 Å². The molecular weight excluding hydrogens is 240 g/mol. The minimum atomic E-state index is 0.448. The fourth-order valence-electron chi connectivity index (χ4n) is 2.33. The average molecular weight is 264 g/mol. The quantitative estimate of drug-likeness (QED) is 0.619. The molecule has 0 nitrogen and oxygen atoms in total. The van der Waals surface area contributed by atoms with Gasteiger partial charge in [0.15, 0.2) is 0 Å². The SMILES string of the molecule is CCC(C)c1cccc(C=CC(C)c2ccccc2)c1. The minimum Gasteiger partial charge on any atom is -0.0767 e. The number of hydrogen-bond acceptors (Lipinski definition) is 0. The van der Waals surface area contributed by atoms with Gasteiger partial charge < -0.3 is 0 Å². The van der Waals surface area contributed by atoms with E-state index in [0.29, 0.717) is 11.8 Å². The summed E-state index contributed by atoms with van der Waals surface area (Å²) in [6.45, 7) is 6.77. The molecule has 2 aromatic rings. The zero-order valence-electron chi connectivity index (χ0n) is 12.7. The van der Waals surface area contributed by atoms with Crippen molar-refractivity contribution >= 4 is 6.08 Å². The fourth-order valence-corrected chi connectivity index (χ4v) is 2.33. The maximum Gasteiger partial charge on any atom is -0.000711 e. The van der Waals surface area contributed by atoms with Gasteiger partial charge in [0.2, 0.25) is 0 Å². The summed E-state index contributed by atoms with van der Waals surface area (Å²) in [7, 11) is 0. The summed E-state index contributed by atoms with van der Waals surface area (Å²) in [6.07, 6.45) is 5.71. The van der Waals surface area contributed by atoms with Crippen LogP contribution in [0.25, 0.3) is 6.08 Å². The first-order valence-electron chi connectivity index (χ1n) is 7.53. The summed E-state index contributed by atoms with van der Waals surface area (Å²) in [5.41, 5.74) is 4.09. The summed E-state index contributed by atoms with van der Waals surface area (Å²) in [5.74, 6) is 1.08. The number of hydrogen-bond donors (Lipinski definition) is 0. The third kappa shape index (κ3) is 3.84. The molecule has 0 aromatic heterocycles. The van der Waals surface area contributed by atoms with Gasteiger partial charge in [0.05, 0.1) is 0 Å². The van der Waals surface area contributed by atoms with E-state index in [1.54, 1.807) is 0 Å². The van der Waals surface area contributed by atoms with Crippen molar-refractivity contribution in [3.05, 3.63) is 77.4 Å². The van der Waals surface area contributed by atoms with Gasteiger partial charge in [0.1, 0.15) is 0 Å². The lowest BCUT2D eigenvalue weighted by molar-refractivity contribution is 0.733. The summed E-state index contributed by atoms with van der Waals surface area (Å²) in [5, 5.41) is 0. The molecule has 0 saturated heterocycles. The van der Waals surface area contributed by atoms with Crippen molar-refractivity contribution in [2.75, 3.05) is 0 Å². The molecule has 0 N–H and O–H groups in total. The van der Waals surface area contributed by atoms with Gasteiger partial charge in [0.25, 0.3) is 0 Å². The molecule has 2 atom stereocenters. The van der Waals surface area contributed by atoms with E-state index in [-0.39, 0.29) is 0 Å². The molecule has 0 amide bonds. The van der Waals surface area contributed by atoms with Crippen molar-refractivity contribution in [3.8, 4) is 0 Å². The van der Waals surface area contributed by atoms with Crippen LogP contribution in [0.2, 0.25) is 0 Å².